The largest absolute Gasteiger partial charge is 0.481 e. The molecule has 0 fully saturated rings. The van der Waals surface area contributed by atoms with Crippen LogP contribution in [0.25, 0.3) is 0 Å². The number of hydrogen-bond acceptors (Lipinski definition) is 42. The zero-order chi connectivity index (χ0) is 101. The molecular weight excluding hydrogens is 1740 g/mol. The molecule has 0 aromatic carbocycles. The second-order valence-corrected chi connectivity index (χ2v) is 25.6. The van der Waals surface area contributed by atoms with Crippen molar-refractivity contribution in [2.24, 2.45) is 27.1 Å². The Morgan fingerprint density at radius 3 is 0.592 bits per heavy atom. The Balaban J connectivity index is -0.000000390. The second-order valence-electron chi connectivity index (χ2n) is 25.6. The molecule has 44 nitrogen and oxygen atoms in total. The third-order valence-electron chi connectivity index (χ3n) is 14.9. The third-order valence-corrected chi connectivity index (χ3v) is 14.9. The van der Waals surface area contributed by atoms with E-state index in [1.54, 1.807) is 6.92 Å². The number of carbonyl (C=O) groups excluding carboxylic acids is 18. The minimum atomic E-state index is -1.55. The fourth-order valence-corrected chi connectivity index (χ4v) is 7.42. The van der Waals surface area contributed by atoms with Gasteiger partial charge in [0, 0.05) is 111 Å². The summed E-state index contributed by atoms with van der Waals surface area (Å²) in [4.78, 5) is 225. The van der Waals surface area contributed by atoms with Crippen LogP contribution >= 0.6 is 0 Å². The van der Waals surface area contributed by atoms with Crippen LogP contribution in [0, 0.1) is 27.1 Å². The van der Waals surface area contributed by atoms with Crippen LogP contribution in [0.15, 0.2) is 177 Å². The van der Waals surface area contributed by atoms with Crippen molar-refractivity contribution in [1.82, 2.24) is 0 Å². The Bertz CT molecular complexity index is 3620. The van der Waals surface area contributed by atoms with Gasteiger partial charge in [-0.1, -0.05) is 106 Å². The fraction of sp³-hybridized carbons (Fsp3) is 0.442. The highest BCUT2D eigenvalue weighted by Crippen LogP contribution is 2.28. The highest BCUT2D eigenvalue weighted by molar-refractivity contribution is 5.86. The lowest BCUT2D eigenvalue weighted by Gasteiger charge is -2.35. The molecule has 2 unspecified atom stereocenters. The fourth-order valence-electron chi connectivity index (χ4n) is 7.42. The molecule has 0 spiro atoms. The monoisotopic (exact) mass is 1850 g/mol. The molecule has 0 aromatic heterocycles. The molecule has 130 heavy (non-hydrogen) atoms. The molecule has 0 saturated carbocycles. The smallest absolute Gasteiger partial charge is 0.330 e. The molecule has 0 bridgehead atoms. The van der Waals surface area contributed by atoms with Gasteiger partial charge < -0.3 is 115 Å². The van der Waals surface area contributed by atoms with E-state index in [9.17, 15) is 106 Å². The van der Waals surface area contributed by atoms with E-state index >= 15 is 0 Å². The third kappa shape index (κ3) is 67.9. The summed E-state index contributed by atoms with van der Waals surface area (Å²) in [5.74, 6) is -15.3. The van der Waals surface area contributed by atoms with Crippen LogP contribution in [-0.4, -0.2) is 299 Å². The highest BCUT2D eigenvalue weighted by Gasteiger charge is 2.42. The Labute approximate surface area is 750 Å². The van der Waals surface area contributed by atoms with Crippen LogP contribution in [0.5, 0.6) is 0 Å². The van der Waals surface area contributed by atoms with E-state index in [0.717, 1.165) is 85.1 Å². The maximum absolute atomic E-state index is 12.2. The van der Waals surface area contributed by atoms with Crippen molar-refractivity contribution >= 4 is 119 Å². The Hall–Kier alpha value is -14.4. The van der Waals surface area contributed by atoms with Gasteiger partial charge in [0.15, 0.2) is 0 Å². The molecule has 0 aromatic rings. The van der Waals surface area contributed by atoms with Gasteiger partial charge in [-0.2, -0.15) is 0 Å². The van der Waals surface area contributed by atoms with Gasteiger partial charge in [-0.3, -0.25) is 28.8 Å². The Kier molecular flexibility index (Phi) is 74.8. The summed E-state index contributed by atoms with van der Waals surface area (Å²) in [5, 5.41) is 36.6. The zero-order valence-electron chi connectivity index (χ0n) is 73.1. The SMILES string of the molecule is C=CC(=O)OC.C=CC(=O)OC.C=CC(=O)OCC(CO)(COC(=O)C=C)COC(=O)C=C.C=CC(=O)OCC(COC(=O)C=C)(COC(=O)C=C)COC(=O)CCC(=O)O.C=CC(=O)OCC(COCC(COC(=O)C=C)(COC(=O)CC)COC(=O)CCC(=O)O)(COC(=O)C=C)COC(=O)C=C.C=CC(=O)OCCCOCC(CO)(COC(=O)C=C)COC(=O)CC. The van der Waals surface area contributed by atoms with Gasteiger partial charge in [-0.15, -0.1) is 0 Å². The second kappa shape index (κ2) is 77.0. The number of esters is 18. The van der Waals surface area contributed by atoms with Gasteiger partial charge in [-0.25, -0.2) is 67.1 Å². The van der Waals surface area contributed by atoms with Crippen molar-refractivity contribution in [2.45, 2.75) is 58.8 Å². The molecule has 0 heterocycles. The first-order valence-electron chi connectivity index (χ1n) is 37.8. The van der Waals surface area contributed by atoms with Gasteiger partial charge in [0.2, 0.25) is 0 Å². The topological polar surface area (TPSA) is 607 Å². The average Bonchev–Trinajstić information content (AvgIpc) is 0.837. The van der Waals surface area contributed by atoms with Crippen LogP contribution < -0.4 is 0 Å². The van der Waals surface area contributed by atoms with Crippen molar-refractivity contribution in [3.8, 4) is 0 Å². The molecule has 0 saturated heterocycles. The van der Waals surface area contributed by atoms with Gasteiger partial charge in [0.1, 0.15) is 105 Å². The van der Waals surface area contributed by atoms with E-state index in [4.69, 9.17) is 95.5 Å². The normalized spacial score (nSPS) is 10.9. The first kappa shape index (κ1) is 126. The number of methoxy groups -OCH3 is 2. The van der Waals surface area contributed by atoms with Crippen LogP contribution in [-0.2, 0) is 191 Å². The summed E-state index contributed by atoms with van der Waals surface area (Å²) in [5.41, 5.74) is -6.90. The van der Waals surface area contributed by atoms with E-state index in [0.29, 0.717) is 6.42 Å². The summed E-state index contributed by atoms with van der Waals surface area (Å²) in [6, 6.07) is 0. The van der Waals surface area contributed by atoms with Crippen molar-refractivity contribution < 1.29 is 211 Å². The van der Waals surface area contributed by atoms with E-state index in [2.05, 4.69) is 102 Å². The van der Waals surface area contributed by atoms with Gasteiger partial charge in [0.05, 0.1) is 101 Å². The molecule has 0 amide bonds. The number of carboxylic acid groups (broad SMARTS) is 2. The predicted molar refractivity (Wildman–Crippen MR) is 449 cm³/mol. The summed E-state index contributed by atoms with van der Waals surface area (Å²) in [7, 11) is 2.62. The van der Waals surface area contributed by atoms with Crippen LogP contribution in [0.1, 0.15) is 58.8 Å². The summed E-state index contributed by atoms with van der Waals surface area (Å²) in [6.07, 6.45) is 12.0. The molecule has 44 heteroatoms. The number of rotatable bonds is 64. The van der Waals surface area contributed by atoms with Crippen LogP contribution in [0.2, 0.25) is 0 Å². The summed E-state index contributed by atoms with van der Waals surface area (Å²) in [6.45, 7) is 40.8. The minimum absolute atomic E-state index is 0.0136. The lowest BCUT2D eigenvalue weighted by atomic mass is 9.90. The van der Waals surface area contributed by atoms with Crippen molar-refractivity contribution in [2.75, 3.05) is 160 Å². The van der Waals surface area contributed by atoms with Crippen molar-refractivity contribution in [3.63, 3.8) is 0 Å². The summed E-state index contributed by atoms with van der Waals surface area (Å²) < 4.78 is 99.8. The molecule has 4 N–H and O–H groups in total. The first-order valence-corrected chi connectivity index (χ1v) is 37.8. The number of aliphatic hydroxyl groups is 2. The number of aliphatic carboxylic acids is 2. The molecule has 724 valence electrons. The minimum Gasteiger partial charge on any atom is -0.481 e. The summed E-state index contributed by atoms with van der Waals surface area (Å²) >= 11 is 0. The molecule has 0 aliphatic carbocycles. The molecule has 0 aliphatic heterocycles. The lowest BCUT2D eigenvalue weighted by Crippen LogP contribution is -2.47. The van der Waals surface area contributed by atoms with E-state index in [1.807, 2.05) is 0 Å². The van der Waals surface area contributed by atoms with Crippen molar-refractivity contribution in [1.29, 1.82) is 0 Å². The predicted octanol–water partition coefficient (Wildman–Crippen LogP) is 3.45. The van der Waals surface area contributed by atoms with Gasteiger partial charge in [0.25, 0.3) is 0 Å². The molecule has 0 aliphatic rings. The molecular formula is C86H116O44. The molecule has 0 radical (unpaired) electrons. The molecule has 0 rings (SSSR count). The molecule has 2 atom stereocenters. The van der Waals surface area contributed by atoms with E-state index < -0.39 is 265 Å². The van der Waals surface area contributed by atoms with Gasteiger partial charge in [-0.05, 0) is 0 Å². The number of hydrogen-bond donors (Lipinski definition) is 4. The maximum Gasteiger partial charge on any atom is 0.330 e. The number of aliphatic hydroxyl groups excluding tert-OH is 2. The average molecular weight is 1850 g/mol. The maximum atomic E-state index is 12.2. The zero-order valence-corrected chi connectivity index (χ0v) is 73.1. The number of ether oxygens (including phenoxy) is 20. The van der Waals surface area contributed by atoms with Crippen LogP contribution in [0.4, 0.5) is 0 Å². The first-order chi connectivity index (χ1) is 61.4. The Morgan fingerprint density at radius 1 is 0.223 bits per heavy atom. The highest BCUT2D eigenvalue weighted by atomic mass is 16.6. The van der Waals surface area contributed by atoms with E-state index in [1.165, 1.54) is 21.1 Å². The Morgan fingerprint density at radius 2 is 0.400 bits per heavy atom. The van der Waals surface area contributed by atoms with E-state index in [-0.39, 0.29) is 65.7 Å². The number of carboxylic acids is 2. The number of carbonyl (C=O) groups is 20. The van der Waals surface area contributed by atoms with Gasteiger partial charge >= 0.3 is 119 Å². The van der Waals surface area contributed by atoms with Crippen molar-refractivity contribution in [3.05, 3.63) is 177 Å². The van der Waals surface area contributed by atoms with Crippen LogP contribution in [0.3, 0.4) is 0 Å². The standard InChI is InChI=1S/C29H38O15.C18H22O10.C17H26O8.C14H18O7.2C4H6O2/c1-6-22(32)39-15-28(16-40-23(33)7-2,17-41-24(34)8-3)13-38-14-29(18-42-25(35)9-4,19-43-26(36)10-5)20-44-27(37)12-11-21(30)31;1-4-14(21)25-9-18(10-26-15(22)5-2,11-27-16(23)6-3)12-28-17(24)8-7-13(19)20;1-4-14(19)23-9-7-8-22-11-17(10-18,12-24-15(20)5-2)13-25-16(21)6-3;1-4-11(16)19-8-14(7-15,9-20-12(17)5-2)10-21-13(18)6-3;2*1-3-4(5)6-2/h6-9H,1-4,10-20H2,5H3,(H,30,31);4-6H,1-3,7-12H2,(H,19,20);4-5,18H,1-2,6-13H2,3H3;4-6,15H,1-3,7-10H2;2*3H,1H2,2H3. The lowest BCUT2D eigenvalue weighted by molar-refractivity contribution is -0.174. The quantitative estimate of drug-likeness (QED) is 0.0293.